The van der Waals surface area contributed by atoms with Gasteiger partial charge < -0.3 is 10.2 Å². The molecule has 1 aliphatic rings. The average Bonchev–Trinajstić information content (AvgIpc) is 2.73. The zero-order chi connectivity index (χ0) is 23.5. The average molecular weight is 478 g/mol. The number of sulfonamides is 1. The fourth-order valence-electron chi connectivity index (χ4n) is 3.77. The van der Waals surface area contributed by atoms with Crippen molar-refractivity contribution in [1.82, 2.24) is 14.5 Å². The molecule has 3 rings (SSSR count). The summed E-state index contributed by atoms with van der Waals surface area (Å²) in [5, 5.41) is 3.50. The van der Waals surface area contributed by atoms with E-state index in [1.807, 2.05) is 43.3 Å². The van der Waals surface area contributed by atoms with E-state index >= 15 is 0 Å². The molecule has 2 aromatic carbocycles. The van der Waals surface area contributed by atoms with Gasteiger partial charge >= 0.3 is 0 Å². The summed E-state index contributed by atoms with van der Waals surface area (Å²) in [4.78, 5) is 27.8. The van der Waals surface area contributed by atoms with Crippen LogP contribution < -0.4 is 5.32 Å². The Morgan fingerprint density at radius 2 is 1.69 bits per heavy atom. The molecule has 9 heteroatoms. The summed E-state index contributed by atoms with van der Waals surface area (Å²) in [6.45, 7) is 3.79. The first kappa shape index (κ1) is 24.2. The van der Waals surface area contributed by atoms with Crippen molar-refractivity contribution in [3.8, 4) is 0 Å². The van der Waals surface area contributed by atoms with Crippen LogP contribution in [0.3, 0.4) is 0 Å². The van der Waals surface area contributed by atoms with E-state index in [1.54, 1.807) is 19.1 Å². The molecule has 1 heterocycles. The van der Waals surface area contributed by atoms with Crippen LogP contribution in [0.2, 0.25) is 5.02 Å². The van der Waals surface area contributed by atoms with Gasteiger partial charge in [-0.3, -0.25) is 9.59 Å². The number of nitrogens with one attached hydrogen (secondary N) is 1. The fourth-order valence-corrected chi connectivity index (χ4v) is 4.72. The minimum atomic E-state index is -3.64. The number of benzene rings is 2. The Hall–Kier alpha value is -2.42. The second kappa shape index (κ2) is 9.60. The van der Waals surface area contributed by atoms with Crippen molar-refractivity contribution < 1.29 is 18.0 Å². The molecule has 0 aromatic heterocycles. The van der Waals surface area contributed by atoms with Gasteiger partial charge in [-0.25, -0.2) is 8.42 Å². The van der Waals surface area contributed by atoms with Gasteiger partial charge in [0.25, 0.3) is 0 Å². The topological polar surface area (TPSA) is 86.8 Å². The molecule has 0 saturated carbocycles. The van der Waals surface area contributed by atoms with Crippen molar-refractivity contribution >= 4 is 33.4 Å². The molecule has 0 aliphatic carbocycles. The second-order valence-corrected chi connectivity index (χ2v) is 10.8. The first-order valence-electron chi connectivity index (χ1n) is 10.3. The molecule has 7 nitrogen and oxygen atoms in total. The van der Waals surface area contributed by atoms with Crippen LogP contribution >= 0.6 is 11.6 Å². The van der Waals surface area contributed by atoms with E-state index in [2.05, 4.69) is 5.32 Å². The molecule has 0 radical (unpaired) electrons. The number of nitrogens with zero attached hydrogens (tertiary/aromatic N) is 2. The van der Waals surface area contributed by atoms with Gasteiger partial charge in [0.2, 0.25) is 21.8 Å². The lowest BCUT2D eigenvalue weighted by atomic mass is 9.94. The van der Waals surface area contributed by atoms with Crippen molar-refractivity contribution in [2.45, 2.75) is 32.4 Å². The van der Waals surface area contributed by atoms with Gasteiger partial charge in [0.1, 0.15) is 5.54 Å². The van der Waals surface area contributed by atoms with Crippen molar-refractivity contribution in [3.05, 3.63) is 70.2 Å². The van der Waals surface area contributed by atoms with Crippen LogP contribution in [0.25, 0.3) is 0 Å². The Morgan fingerprint density at radius 1 is 1.09 bits per heavy atom. The predicted octanol–water partition coefficient (Wildman–Crippen LogP) is 2.37. The minimum Gasteiger partial charge on any atom is -0.350 e. The van der Waals surface area contributed by atoms with Crippen molar-refractivity contribution in [2.75, 3.05) is 25.9 Å². The maximum atomic E-state index is 13.3. The first-order valence-corrected chi connectivity index (χ1v) is 12.6. The number of aryl methyl sites for hydroxylation is 1. The van der Waals surface area contributed by atoms with E-state index in [-0.39, 0.29) is 26.2 Å². The molecule has 172 valence electrons. The highest BCUT2D eigenvalue weighted by Gasteiger charge is 2.49. The lowest BCUT2D eigenvalue weighted by Gasteiger charge is -2.46. The summed E-state index contributed by atoms with van der Waals surface area (Å²) < 4.78 is 25.4. The van der Waals surface area contributed by atoms with Gasteiger partial charge in [-0.2, -0.15) is 4.31 Å². The van der Waals surface area contributed by atoms with Crippen LogP contribution in [-0.4, -0.2) is 60.9 Å². The van der Waals surface area contributed by atoms with Crippen molar-refractivity contribution in [2.24, 2.45) is 0 Å². The van der Waals surface area contributed by atoms with Gasteiger partial charge in [0.15, 0.2) is 0 Å². The number of piperazine rings is 1. The third-order valence-corrected chi connectivity index (χ3v) is 7.21. The molecule has 1 aliphatic heterocycles. The zero-order valence-corrected chi connectivity index (χ0v) is 20.0. The molecule has 1 N–H and O–H groups in total. The van der Waals surface area contributed by atoms with E-state index in [4.69, 9.17) is 11.6 Å². The summed E-state index contributed by atoms with van der Waals surface area (Å²) in [7, 11) is -3.64. The maximum Gasteiger partial charge on any atom is 0.247 e. The first-order chi connectivity index (χ1) is 15.0. The Labute approximate surface area is 194 Å². The predicted molar refractivity (Wildman–Crippen MR) is 125 cm³/mol. The maximum absolute atomic E-state index is 13.3. The molecular formula is C23H28ClN3O4S. The number of carbonyl (C=O) groups is 2. The van der Waals surface area contributed by atoms with Gasteiger partial charge in [0, 0.05) is 24.7 Å². The molecule has 1 fully saturated rings. The number of amides is 2. The van der Waals surface area contributed by atoms with Gasteiger partial charge in [-0.05, 0) is 43.5 Å². The van der Waals surface area contributed by atoms with E-state index in [1.165, 1.54) is 4.90 Å². The van der Waals surface area contributed by atoms with E-state index in [0.29, 0.717) is 11.4 Å². The molecule has 0 spiro atoms. The molecule has 1 atom stereocenters. The summed E-state index contributed by atoms with van der Waals surface area (Å²) in [5.74, 6) is -0.792. The second-order valence-electron chi connectivity index (χ2n) is 8.40. The van der Waals surface area contributed by atoms with E-state index in [9.17, 15) is 18.0 Å². The van der Waals surface area contributed by atoms with Crippen LogP contribution in [0.15, 0.2) is 48.5 Å². The summed E-state index contributed by atoms with van der Waals surface area (Å²) >= 11 is 5.94. The van der Waals surface area contributed by atoms with Gasteiger partial charge in [-0.15, -0.1) is 0 Å². The molecule has 0 unspecified atom stereocenters. The number of halogens is 1. The lowest BCUT2D eigenvalue weighted by Crippen LogP contribution is -2.69. The Bertz CT molecular complexity index is 1090. The monoisotopic (exact) mass is 477 g/mol. The highest BCUT2D eigenvalue weighted by molar-refractivity contribution is 7.88. The molecule has 2 aromatic rings. The quantitative estimate of drug-likeness (QED) is 0.663. The molecule has 2 amide bonds. The largest absolute Gasteiger partial charge is 0.350 e. The smallest absolute Gasteiger partial charge is 0.247 e. The fraction of sp³-hybridized carbons (Fsp3) is 0.391. The highest BCUT2D eigenvalue weighted by Crippen LogP contribution is 2.25. The van der Waals surface area contributed by atoms with E-state index in [0.717, 1.165) is 27.3 Å². The van der Waals surface area contributed by atoms with Gasteiger partial charge in [-0.1, -0.05) is 53.6 Å². The number of rotatable bonds is 7. The van der Waals surface area contributed by atoms with Crippen molar-refractivity contribution in [1.29, 1.82) is 0 Å². The SMILES string of the molecule is Cc1ccc(CNC(=O)[C@]2(C)CN(S(C)(=O)=O)CC(=O)N2CCc2ccc(Cl)cc2)cc1. The Kier molecular flexibility index (Phi) is 7.27. The molecular weight excluding hydrogens is 450 g/mol. The third kappa shape index (κ3) is 5.68. The number of hydrogen-bond donors (Lipinski definition) is 1. The van der Waals surface area contributed by atoms with E-state index < -0.39 is 27.4 Å². The normalized spacial score (nSPS) is 19.8. The summed E-state index contributed by atoms with van der Waals surface area (Å²) in [6.07, 6.45) is 1.57. The van der Waals surface area contributed by atoms with Crippen LogP contribution in [-0.2, 0) is 32.6 Å². The Morgan fingerprint density at radius 3 is 2.28 bits per heavy atom. The van der Waals surface area contributed by atoms with Crippen LogP contribution in [0.4, 0.5) is 0 Å². The van der Waals surface area contributed by atoms with Crippen LogP contribution in [0, 0.1) is 6.92 Å². The van der Waals surface area contributed by atoms with Crippen LogP contribution in [0.5, 0.6) is 0 Å². The third-order valence-electron chi connectivity index (χ3n) is 5.76. The molecule has 1 saturated heterocycles. The minimum absolute atomic E-state index is 0.0993. The van der Waals surface area contributed by atoms with Crippen molar-refractivity contribution in [3.63, 3.8) is 0 Å². The summed E-state index contributed by atoms with van der Waals surface area (Å²) in [6, 6.07) is 15.0. The zero-order valence-electron chi connectivity index (χ0n) is 18.5. The van der Waals surface area contributed by atoms with Crippen LogP contribution in [0.1, 0.15) is 23.6 Å². The van der Waals surface area contributed by atoms with Gasteiger partial charge in [0.05, 0.1) is 12.8 Å². The lowest BCUT2D eigenvalue weighted by molar-refractivity contribution is -0.152. The standard InChI is InChI=1S/C23H28ClN3O4S/c1-17-4-6-19(7-5-17)14-25-22(29)23(2)16-26(32(3,30)31)15-21(28)27(23)13-12-18-8-10-20(24)11-9-18/h4-11H,12-16H2,1-3H3,(H,25,29)/t23-/m0/s1. The summed E-state index contributed by atoms with van der Waals surface area (Å²) in [5.41, 5.74) is 1.66. The molecule has 0 bridgehead atoms. The Balaban J connectivity index is 1.81. The number of carbonyl (C=O) groups excluding carboxylic acids is 2. The highest BCUT2D eigenvalue weighted by atomic mass is 35.5. The number of hydrogen-bond acceptors (Lipinski definition) is 4. The molecule has 32 heavy (non-hydrogen) atoms.